The molecule has 1 aromatic carbocycles. The van der Waals surface area contributed by atoms with Crippen LogP contribution in [-0.4, -0.2) is 39.7 Å². The molecule has 0 radical (unpaired) electrons. The molecule has 0 bridgehead atoms. The number of amides is 1. The zero-order valence-electron chi connectivity index (χ0n) is 13.4. The molecule has 0 aliphatic rings. The Balaban J connectivity index is 2.46. The number of benzene rings is 1. The van der Waals surface area contributed by atoms with E-state index in [2.05, 4.69) is 27.7 Å². The molecule has 0 saturated carbocycles. The third-order valence-electron chi connectivity index (χ3n) is 2.88. The minimum absolute atomic E-state index is 0.195. The lowest BCUT2D eigenvalue weighted by atomic mass is 10.0. The van der Waals surface area contributed by atoms with Crippen molar-refractivity contribution in [1.29, 1.82) is 0 Å². The summed E-state index contributed by atoms with van der Waals surface area (Å²) < 4.78 is 5.08. The largest absolute Gasteiger partial charge is 0.444 e. The fourth-order valence-corrected chi connectivity index (χ4v) is 1.92. The van der Waals surface area contributed by atoms with E-state index in [1.807, 2.05) is 0 Å². The van der Waals surface area contributed by atoms with Crippen LogP contribution >= 0.6 is 12.2 Å². The third-order valence-corrected chi connectivity index (χ3v) is 2.97. The topological polar surface area (TPSA) is 91.2 Å². The standard InChI is InChI=1S/C16H22N2O4S/c1-16(2,3)22-15(21)17-9-8-13(19)14(20)11-4-6-12(7-5-11)18-10-23/h4-7,13-14,19-20H,8-9H2,1-3H3,(H,17,21). The number of thiocarbonyl (C=S) groups is 1. The molecule has 0 aromatic heterocycles. The van der Waals surface area contributed by atoms with Crippen molar-refractivity contribution in [2.45, 2.75) is 45.0 Å². The molecule has 0 aliphatic heterocycles. The Labute approximate surface area is 141 Å². The van der Waals surface area contributed by atoms with Crippen molar-refractivity contribution in [3.8, 4) is 0 Å². The zero-order chi connectivity index (χ0) is 17.5. The minimum atomic E-state index is -1.05. The Morgan fingerprint density at radius 1 is 1.35 bits per heavy atom. The molecular formula is C16H22N2O4S. The molecule has 0 fully saturated rings. The molecule has 3 N–H and O–H groups in total. The fraction of sp³-hybridized carbons (Fsp3) is 0.500. The van der Waals surface area contributed by atoms with Gasteiger partial charge in [0.1, 0.15) is 11.7 Å². The van der Waals surface area contributed by atoms with Crippen LogP contribution in [0.5, 0.6) is 0 Å². The molecule has 2 unspecified atom stereocenters. The smallest absolute Gasteiger partial charge is 0.407 e. The van der Waals surface area contributed by atoms with E-state index in [-0.39, 0.29) is 13.0 Å². The Hall–Kier alpha value is -1.79. The van der Waals surface area contributed by atoms with Crippen LogP contribution < -0.4 is 5.32 Å². The third kappa shape index (κ3) is 7.34. The molecule has 1 rings (SSSR count). The summed E-state index contributed by atoms with van der Waals surface area (Å²) in [6, 6.07) is 6.65. The number of carbonyl (C=O) groups is 1. The number of hydrogen-bond donors (Lipinski definition) is 3. The van der Waals surface area contributed by atoms with Gasteiger partial charge in [-0.05, 0) is 57.1 Å². The van der Waals surface area contributed by atoms with Gasteiger partial charge in [-0.25, -0.2) is 4.79 Å². The molecule has 0 heterocycles. The average Bonchev–Trinajstić information content (AvgIpc) is 2.45. The van der Waals surface area contributed by atoms with Gasteiger partial charge in [0, 0.05) is 6.54 Å². The lowest BCUT2D eigenvalue weighted by Gasteiger charge is -2.21. The summed E-state index contributed by atoms with van der Waals surface area (Å²) in [4.78, 5) is 15.3. The number of nitrogens with zero attached hydrogens (tertiary/aromatic N) is 1. The van der Waals surface area contributed by atoms with Crippen molar-refractivity contribution in [1.82, 2.24) is 5.32 Å². The molecule has 7 heteroatoms. The van der Waals surface area contributed by atoms with Crippen LogP contribution in [0.4, 0.5) is 10.5 Å². The first kappa shape index (κ1) is 19.3. The number of rotatable bonds is 6. The maximum absolute atomic E-state index is 11.5. The first-order chi connectivity index (χ1) is 10.7. The van der Waals surface area contributed by atoms with Gasteiger partial charge in [-0.3, -0.25) is 0 Å². The minimum Gasteiger partial charge on any atom is -0.444 e. The number of isothiocyanates is 1. The number of aliphatic hydroxyl groups is 2. The van der Waals surface area contributed by atoms with E-state index >= 15 is 0 Å². The second-order valence-corrected chi connectivity index (χ2v) is 6.21. The van der Waals surface area contributed by atoms with Crippen LogP contribution in [0, 0.1) is 0 Å². The lowest BCUT2D eigenvalue weighted by Crippen LogP contribution is -2.34. The Bertz CT molecular complexity index is 562. The molecule has 0 spiro atoms. The summed E-state index contributed by atoms with van der Waals surface area (Å²) in [5.74, 6) is 0. The van der Waals surface area contributed by atoms with Gasteiger partial charge in [0.25, 0.3) is 0 Å². The normalized spacial score (nSPS) is 13.6. The van der Waals surface area contributed by atoms with Gasteiger partial charge >= 0.3 is 6.09 Å². The molecule has 2 atom stereocenters. The van der Waals surface area contributed by atoms with E-state index in [1.165, 1.54) is 0 Å². The Kier molecular flexibility index (Phi) is 7.32. The molecular weight excluding hydrogens is 316 g/mol. The van der Waals surface area contributed by atoms with Crippen molar-refractivity contribution in [2.24, 2.45) is 4.99 Å². The summed E-state index contributed by atoms with van der Waals surface area (Å²) in [5.41, 5.74) is 0.602. The van der Waals surface area contributed by atoms with Crippen LogP contribution in [0.25, 0.3) is 0 Å². The summed E-state index contributed by atoms with van der Waals surface area (Å²) in [6.45, 7) is 5.49. The number of ether oxygens (including phenoxy) is 1. The second kappa shape index (κ2) is 8.74. The fourth-order valence-electron chi connectivity index (χ4n) is 1.82. The predicted octanol–water partition coefficient (Wildman–Crippen LogP) is 2.73. The Morgan fingerprint density at radius 3 is 2.48 bits per heavy atom. The van der Waals surface area contributed by atoms with Gasteiger partial charge < -0.3 is 20.3 Å². The molecule has 0 saturated heterocycles. The number of aliphatic imine (C=N–C) groups is 1. The van der Waals surface area contributed by atoms with E-state index < -0.39 is 23.9 Å². The highest BCUT2D eigenvalue weighted by molar-refractivity contribution is 7.78. The molecule has 1 aromatic rings. The number of aliphatic hydroxyl groups excluding tert-OH is 2. The predicted molar refractivity (Wildman–Crippen MR) is 90.9 cm³/mol. The molecule has 0 aliphatic carbocycles. The first-order valence-electron chi connectivity index (χ1n) is 7.24. The van der Waals surface area contributed by atoms with Crippen molar-refractivity contribution < 1.29 is 19.7 Å². The quantitative estimate of drug-likeness (QED) is 0.548. The van der Waals surface area contributed by atoms with Gasteiger partial charge in [0.15, 0.2) is 0 Å². The monoisotopic (exact) mass is 338 g/mol. The van der Waals surface area contributed by atoms with Crippen LogP contribution in [0.1, 0.15) is 38.9 Å². The average molecular weight is 338 g/mol. The van der Waals surface area contributed by atoms with Crippen LogP contribution in [0.2, 0.25) is 0 Å². The zero-order valence-corrected chi connectivity index (χ0v) is 14.3. The van der Waals surface area contributed by atoms with Crippen molar-refractivity contribution in [2.75, 3.05) is 6.54 Å². The van der Waals surface area contributed by atoms with E-state index in [0.29, 0.717) is 11.3 Å². The molecule has 1 amide bonds. The van der Waals surface area contributed by atoms with Gasteiger partial charge in [-0.1, -0.05) is 12.1 Å². The Morgan fingerprint density at radius 2 is 1.96 bits per heavy atom. The highest BCUT2D eigenvalue weighted by Gasteiger charge is 2.20. The summed E-state index contributed by atoms with van der Waals surface area (Å²) in [5, 5.41) is 24.9. The van der Waals surface area contributed by atoms with Crippen LogP contribution in [0.15, 0.2) is 29.3 Å². The van der Waals surface area contributed by atoms with Crippen LogP contribution in [-0.2, 0) is 4.74 Å². The lowest BCUT2D eigenvalue weighted by molar-refractivity contribution is 0.0123. The van der Waals surface area contributed by atoms with Gasteiger partial charge in [0.2, 0.25) is 0 Å². The number of nitrogens with one attached hydrogen (secondary N) is 1. The van der Waals surface area contributed by atoms with Crippen LogP contribution in [0.3, 0.4) is 0 Å². The molecule has 126 valence electrons. The highest BCUT2D eigenvalue weighted by Crippen LogP contribution is 2.21. The summed E-state index contributed by atoms with van der Waals surface area (Å²) in [7, 11) is 0. The molecule has 6 nitrogen and oxygen atoms in total. The van der Waals surface area contributed by atoms with Gasteiger partial charge in [-0.15, -0.1) is 0 Å². The molecule has 23 heavy (non-hydrogen) atoms. The number of alkyl carbamates (subject to hydrolysis) is 1. The SMILES string of the molecule is CC(C)(C)OC(=O)NCCC(O)C(O)c1ccc(N=C=S)cc1. The van der Waals surface area contributed by atoms with E-state index in [1.54, 1.807) is 45.0 Å². The van der Waals surface area contributed by atoms with Crippen molar-refractivity contribution >= 4 is 29.2 Å². The number of carbonyl (C=O) groups excluding carboxylic acids is 1. The summed E-state index contributed by atoms with van der Waals surface area (Å²) in [6.07, 6.45) is -2.42. The highest BCUT2D eigenvalue weighted by atomic mass is 32.1. The van der Waals surface area contributed by atoms with E-state index in [9.17, 15) is 15.0 Å². The number of hydrogen-bond acceptors (Lipinski definition) is 6. The first-order valence-corrected chi connectivity index (χ1v) is 7.64. The summed E-state index contributed by atoms with van der Waals surface area (Å²) >= 11 is 4.51. The maximum Gasteiger partial charge on any atom is 0.407 e. The second-order valence-electron chi connectivity index (χ2n) is 6.02. The van der Waals surface area contributed by atoms with Gasteiger partial charge in [-0.2, -0.15) is 4.99 Å². The maximum atomic E-state index is 11.5. The van der Waals surface area contributed by atoms with Gasteiger partial charge in [0.05, 0.1) is 17.0 Å². The van der Waals surface area contributed by atoms with E-state index in [0.717, 1.165) is 0 Å². The van der Waals surface area contributed by atoms with E-state index in [4.69, 9.17) is 4.74 Å². The van der Waals surface area contributed by atoms with Crippen molar-refractivity contribution in [3.05, 3.63) is 29.8 Å². The van der Waals surface area contributed by atoms with Crippen molar-refractivity contribution in [3.63, 3.8) is 0 Å².